The highest BCUT2D eigenvalue weighted by molar-refractivity contribution is 6.30. The molecule has 2 aromatic carbocycles. The molecule has 33 heavy (non-hydrogen) atoms. The van der Waals surface area contributed by atoms with Gasteiger partial charge in [0.15, 0.2) is 0 Å². The van der Waals surface area contributed by atoms with Gasteiger partial charge in [0, 0.05) is 29.4 Å². The molecule has 4 rings (SSSR count). The van der Waals surface area contributed by atoms with Crippen molar-refractivity contribution in [2.75, 3.05) is 0 Å². The number of nitrogens with zero attached hydrogens (tertiary/aromatic N) is 2. The minimum Gasteiger partial charge on any atom is -0.320 e. The second-order valence-corrected chi connectivity index (χ2v) is 8.80. The molecule has 0 aliphatic carbocycles. The molecular formula is C29H26ClN3. The van der Waals surface area contributed by atoms with E-state index >= 15 is 0 Å². The molecule has 0 aliphatic rings. The molecular weight excluding hydrogens is 426 g/mol. The first-order chi connectivity index (χ1) is 16.0. The van der Waals surface area contributed by atoms with Crippen LogP contribution < -0.4 is 5.73 Å². The maximum absolute atomic E-state index is 6.52. The second-order valence-electron chi connectivity index (χ2n) is 8.37. The first-order valence-electron chi connectivity index (χ1n) is 11.0. The second kappa shape index (κ2) is 10.4. The van der Waals surface area contributed by atoms with Crippen molar-refractivity contribution in [1.82, 2.24) is 9.97 Å². The van der Waals surface area contributed by atoms with Crippen LogP contribution in [0, 0.1) is 11.8 Å². The van der Waals surface area contributed by atoms with Gasteiger partial charge in [-0.25, -0.2) is 4.98 Å². The molecule has 1 unspecified atom stereocenters. The first kappa shape index (κ1) is 22.7. The Kier molecular flexibility index (Phi) is 7.19. The molecule has 0 spiro atoms. The zero-order valence-electron chi connectivity index (χ0n) is 18.6. The number of aromatic nitrogens is 2. The lowest BCUT2D eigenvalue weighted by atomic mass is 9.89. The van der Waals surface area contributed by atoms with Crippen molar-refractivity contribution in [1.29, 1.82) is 0 Å². The molecule has 164 valence electrons. The van der Waals surface area contributed by atoms with Crippen LogP contribution in [0.3, 0.4) is 0 Å². The monoisotopic (exact) mass is 451 g/mol. The van der Waals surface area contributed by atoms with Gasteiger partial charge in [0.1, 0.15) is 5.69 Å². The van der Waals surface area contributed by atoms with Gasteiger partial charge >= 0.3 is 0 Å². The van der Waals surface area contributed by atoms with Crippen molar-refractivity contribution < 1.29 is 0 Å². The van der Waals surface area contributed by atoms with Crippen molar-refractivity contribution in [2.24, 2.45) is 5.73 Å². The van der Waals surface area contributed by atoms with Gasteiger partial charge in [0.05, 0.1) is 11.2 Å². The summed E-state index contributed by atoms with van der Waals surface area (Å²) >= 11 is 5.95. The molecule has 0 saturated heterocycles. The number of rotatable bonds is 6. The number of pyridine rings is 2. The molecule has 0 bridgehead atoms. The van der Waals surface area contributed by atoms with Crippen LogP contribution in [0.15, 0.2) is 91.3 Å². The van der Waals surface area contributed by atoms with E-state index in [-0.39, 0.29) is 0 Å². The predicted molar refractivity (Wildman–Crippen MR) is 136 cm³/mol. The summed E-state index contributed by atoms with van der Waals surface area (Å²) in [4.78, 5) is 8.88. The molecule has 0 amide bonds. The summed E-state index contributed by atoms with van der Waals surface area (Å²) in [5, 5.41) is 0.728. The average Bonchev–Trinajstić information content (AvgIpc) is 2.84. The Morgan fingerprint density at radius 3 is 2.24 bits per heavy atom. The van der Waals surface area contributed by atoms with Crippen LogP contribution in [0.2, 0.25) is 5.02 Å². The van der Waals surface area contributed by atoms with Gasteiger partial charge in [-0.15, -0.1) is 0 Å². The lowest BCUT2D eigenvalue weighted by molar-refractivity contribution is 0.476. The number of hydrogen-bond acceptors (Lipinski definition) is 3. The first-order valence-corrected chi connectivity index (χ1v) is 11.4. The normalized spacial score (nSPS) is 12.5. The Bertz CT molecular complexity index is 1240. The molecule has 2 N–H and O–H groups in total. The van der Waals surface area contributed by atoms with Gasteiger partial charge in [-0.05, 0) is 72.7 Å². The molecule has 4 heteroatoms. The summed E-state index contributed by atoms with van der Waals surface area (Å²) in [6.45, 7) is 2.02. The van der Waals surface area contributed by atoms with E-state index in [0.717, 1.165) is 46.8 Å². The molecule has 0 fully saturated rings. The molecule has 2 heterocycles. The zero-order valence-corrected chi connectivity index (χ0v) is 19.4. The van der Waals surface area contributed by atoms with E-state index in [9.17, 15) is 0 Å². The van der Waals surface area contributed by atoms with E-state index in [1.165, 1.54) is 11.1 Å². The topological polar surface area (TPSA) is 51.8 Å². The van der Waals surface area contributed by atoms with Crippen molar-refractivity contribution in [3.63, 3.8) is 0 Å². The van der Waals surface area contributed by atoms with Gasteiger partial charge in [-0.3, -0.25) is 4.98 Å². The van der Waals surface area contributed by atoms with Gasteiger partial charge in [-0.1, -0.05) is 66.1 Å². The van der Waals surface area contributed by atoms with Crippen LogP contribution in [0.1, 0.15) is 35.9 Å². The highest BCUT2D eigenvalue weighted by atomic mass is 35.5. The zero-order chi connectivity index (χ0) is 23.1. The van der Waals surface area contributed by atoms with Gasteiger partial charge < -0.3 is 5.73 Å². The minimum absolute atomic E-state index is 0.496. The van der Waals surface area contributed by atoms with Crippen molar-refractivity contribution in [3.05, 3.63) is 119 Å². The Morgan fingerprint density at radius 2 is 1.58 bits per heavy atom. The average molecular weight is 452 g/mol. The number of halogens is 1. The molecule has 0 saturated carbocycles. The van der Waals surface area contributed by atoms with Gasteiger partial charge in [0.25, 0.3) is 0 Å². The predicted octanol–water partition coefficient (Wildman–Crippen LogP) is 6.20. The summed E-state index contributed by atoms with van der Waals surface area (Å²) in [5.41, 5.74) is 12.3. The standard InChI is InChI=1S/C29H26ClN3/c1-29(31,28-8-4-5-19-32-28)20-23-11-9-22(10-12-23)6-2-3-7-27-18-15-25(21-33-27)24-13-16-26(30)17-14-24/h4-5,8-19,21H,2,6,20,31H2,1H3. The van der Waals surface area contributed by atoms with E-state index in [2.05, 4.69) is 46.1 Å². The third kappa shape index (κ3) is 6.29. The Balaban J connectivity index is 1.30. The van der Waals surface area contributed by atoms with Crippen LogP contribution in [-0.4, -0.2) is 9.97 Å². The lowest BCUT2D eigenvalue weighted by Gasteiger charge is -2.24. The van der Waals surface area contributed by atoms with Crippen LogP contribution in [0.4, 0.5) is 0 Å². The van der Waals surface area contributed by atoms with Gasteiger partial charge in [0.2, 0.25) is 0 Å². The third-order valence-electron chi connectivity index (χ3n) is 5.54. The Morgan fingerprint density at radius 1 is 0.848 bits per heavy atom. The summed E-state index contributed by atoms with van der Waals surface area (Å²) < 4.78 is 0. The Hall–Kier alpha value is -3.45. The largest absolute Gasteiger partial charge is 0.320 e. The van der Waals surface area contributed by atoms with Crippen LogP contribution >= 0.6 is 11.6 Å². The van der Waals surface area contributed by atoms with Crippen LogP contribution in [0.5, 0.6) is 0 Å². The number of benzene rings is 2. The van der Waals surface area contributed by atoms with Crippen molar-refractivity contribution in [2.45, 2.75) is 31.7 Å². The maximum atomic E-state index is 6.52. The quantitative estimate of drug-likeness (QED) is 0.355. The maximum Gasteiger partial charge on any atom is 0.113 e. The summed E-state index contributed by atoms with van der Waals surface area (Å²) in [5.74, 6) is 6.39. The number of nitrogens with two attached hydrogens (primary N) is 1. The summed E-state index contributed by atoms with van der Waals surface area (Å²) in [6, 6.07) is 26.2. The fourth-order valence-corrected chi connectivity index (χ4v) is 3.81. The summed E-state index contributed by atoms with van der Waals surface area (Å²) in [7, 11) is 0. The molecule has 2 aromatic heterocycles. The minimum atomic E-state index is -0.496. The number of hydrogen-bond donors (Lipinski definition) is 1. The molecule has 1 atom stereocenters. The van der Waals surface area contributed by atoms with Gasteiger partial charge in [-0.2, -0.15) is 0 Å². The third-order valence-corrected chi connectivity index (χ3v) is 5.79. The summed E-state index contributed by atoms with van der Waals surface area (Å²) in [6.07, 6.45) is 6.05. The fourth-order valence-electron chi connectivity index (χ4n) is 3.68. The molecule has 0 aliphatic heterocycles. The lowest BCUT2D eigenvalue weighted by Crippen LogP contribution is -2.36. The smallest absolute Gasteiger partial charge is 0.113 e. The van der Waals surface area contributed by atoms with Crippen LogP contribution in [0.25, 0.3) is 11.1 Å². The van der Waals surface area contributed by atoms with Crippen LogP contribution in [-0.2, 0) is 18.4 Å². The number of aryl methyl sites for hydroxylation is 1. The van der Waals surface area contributed by atoms with Crippen molar-refractivity contribution in [3.8, 4) is 23.0 Å². The molecule has 4 aromatic rings. The van der Waals surface area contributed by atoms with E-state index in [0.29, 0.717) is 0 Å². The highest BCUT2D eigenvalue weighted by Crippen LogP contribution is 2.22. The SMILES string of the molecule is CC(N)(Cc1ccc(CCC#Cc2ccc(-c3ccc(Cl)cc3)cn2)cc1)c1ccccn1. The van der Waals surface area contributed by atoms with E-state index < -0.39 is 5.54 Å². The molecule has 0 radical (unpaired) electrons. The van der Waals surface area contributed by atoms with E-state index in [4.69, 9.17) is 17.3 Å². The van der Waals surface area contributed by atoms with E-state index in [1.54, 1.807) is 6.20 Å². The highest BCUT2D eigenvalue weighted by Gasteiger charge is 2.22. The molecule has 3 nitrogen and oxygen atoms in total. The fraction of sp³-hybridized carbons (Fsp3) is 0.172. The van der Waals surface area contributed by atoms with E-state index in [1.807, 2.05) is 67.7 Å². The Labute approximate surface area is 200 Å². The van der Waals surface area contributed by atoms with Crippen molar-refractivity contribution >= 4 is 11.6 Å².